The van der Waals surface area contributed by atoms with Crippen molar-refractivity contribution in [3.63, 3.8) is 0 Å². The maximum Gasteiger partial charge on any atom is 0.331 e. The number of fused-ring (bicyclic) bond motifs is 5. The summed E-state index contributed by atoms with van der Waals surface area (Å²) in [6.07, 6.45) is 0.468. The highest BCUT2D eigenvalue weighted by atomic mass is 16.7. The Hall–Kier alpha value is -3.19. The number of carbonyl (C=O) groups excluding carboxylic acids is 5. The zero-order valence-corrected chi connectivity index (χ0v) is 40.9. The lowest BCUT2D eigenvalue weighted by Crippen LogP contribution is -2.67. The zero-order valence-electron chi connectivity index (χ0n) is 40.9. The third-order valence-electron chi connectivity index (χ3n) is 17.6. The molecule has 4 heterocycles. The second-order valence-electron chi connectivity index (χ2n) is 21.5. The zero-order chi connectivity index (χ0) is 48.3. The molecule has 17 heteroatoms. The van der Waals surface area contributed by atoms with Gasteiger partial charge in [-0.3, -0.25) is 19.2 Å². The van der Waals surface area contributed by atoms with E-state index in [1.54, 1.807) is 13.0 Å². The number of rotatable bonds is 11. The SMILES string of the molecule is CC(=O)O[C@@H]1C[C@H](OC2C(C)O[C@H](OC3C(C)O[C@@H](O[C@H]4CC[C@@]5(C)[C@H](CC[C@@H]6[C@@H]5C[C@@H](OC(C)=O)[C@]5(C)[C@@H](C7=CC(=O)OC7)CC[C@]65O)C4)C[C@H]3OC(C)=O)C[C@H]2OC(C)=O)OC(C)C1C. The summed E-state index contributed by atoms with van der Waals surface area (Å²) in [5.41, 5.74) is -1.11. The van der Waals surface area contributed by atoms with Gasteiger partial charge in [-0.15, -0.1) is 0 Å². The van der Waals surface area contributed by atoms with Crippen molar-refractivity contribution in [1.29, 1.82) is 0 Å². The highest BCUT2D eigenvalue weighted by Gasteiger charge is 2.72. The van der Waals surface area contributed by atoms with E-state index in [0.29, 0.717) is 25.7 Å². The predicted octanol–water partition coefficient (Wildman–Crippen LogP) is 5.78. The van der Waals surface area contributed by atoms with Crippen LogP contribution < -0.4 is 0 Å². The second-order valence-corrected chi connectivity index (χ2v) is 21.5. The normalized spacial score (nSPS) is 47.3. The first-order valence-electron chi connectivity index (χ1n) is 24.8. The molecule has 17 nitrogen and oxygen atoms in total. The molecule has 1 N–H and O–H groups in total. The summed E-state index contributed by atoms with van der Waals surface area (Å²) in [5, 5.41) is 13.0. The molecule has 67 heavy (non-hydrogen) atoms. The Morgan fingerprint density at radius 2 is 1.16 bits per heavy atom. The van der Waals surface area contributed by atoms with Crippen LogP contribution in [-0.2, 0) is 76.1 Å². The number of ether oxygens (including phenoxy) is 11. The largest absolute Gasteiger partial charge is 0.462 e. The molecule has 8 aliphatic rings. The van der Waals surface area contributed by atoms with E-state index < -0.39 is 90.7 Å². The average Bonchev–Trinajstić information content (AvgIpc) is 3.78. The summed E-state index contributed by atoms with van der Waals surface area (Å²) in [4.78, 5) is 61.7. The fourth-order valence-electron chi connectivity index (χ4n) is 14.2. The maximum atomic E-state index is 13.0. The molecule has 21 atom stereocenters. The van der Waals surface area contributed by atoms with E-state index in [1.807, 2.05) is 20.8 Å². The Morgan fingerprint density at radius 3 is 1.72 bits per heavy atom. The summed E-state index contributed by atoms with van der Waals surface area (Å²) in [5.74, 6) is -1.88. The van der Waals surface area contributed by atoms with Crippen LogP contribution >= 0.6 is 0 Å². The molecule has 6 unspecified atom stereocenters. The van der Waals surface area contributed by atoms with Gasteiger partial charge in [0.1, 0.15) is 43.2 Å². The van der Waals surface area contributed by atoms with Crippen molar-refractivity contribution in [2.24, 2.45) is 40.4 Å². The van der Waals surface area contributed by atoms with Crippen LogP contribution in [0.4, 0.5) is 0 Å². The number of hydrogen-bond donors (Lipinski definition) is 1. The summed E-state index contributed by atoms with van der Waals surface area (Å²) in [6, 6.07) is 0. The Morgan fingerprint density at radius 1 is 0.627 bits per heavy atom. The lowest BCUT2D eigenvalue weighted by molar-refractivity contribution is -0.335. The Balaban J connectivity index is 0.907. The molecule has 376 valence electrons. The highest BCUT2D eigenvalue weighted by Crippen LogP contribution is 2.70. The molecule has 4 aliphatic carbocycles. The molecule has 4 saturated carbocycles. The third-order valence-corrected chi connectivity index (χ3v) is 17.6. The molecule has 3 saturated heterocycles. The fourth-order valence-corrected chi connectivity index (χ4v) is 14.2. The molecule has 0 radical (unpaired) electrons. The van der Waals surface area contributed by atoms with Gasteiger partial charge in [0.05, 0.1) is 30.0 Å². The van der Waals surface area contributed by atoms with Crippen LogP contribution in [0.2, 0.25) is 0 Å². The Labute approximate surface area is 394 Å². The van der Waals surface area contributed by atoms with Crippen molar-refractivity contribution in [2.45, 2.75) is 225 Å². The third kappa shape index (κ3) is 9.82. The van der Waals surface area contributed by atoms with Gasteiger partial charge >= 0.3 is 29.8 Å². The van der Waals surface area contributed by atoms with Gasteiger partial charge in [-0.1, -0.05) is 20.8 Å². The van der Waals surface area contributed by atoms with E-state index in [9.17, 15) is 29.1 Å². The average molecular weight is 947 g/mol. The van der Waals surface area contributed by atoms with Crippen molar-refractivity contribution < 1.29 is 81.2 Å². The first kappa shape index (κ1) is 50.2. The minimum atomic E-state index is -1.08. The van der Waals surface area contributed by atoms with Crippen LogP contribution in [0, 0.1) is 40.4 Å². The molecule has 0 aromatic heterocycles. The van der Waals surface area contributed by atoms with Crippen LogP contribution in [0.5, 0.6) is 0 Å². The van der Waals surface area contributed by atoms with Crippen LogP contribution in [0.25, 0.3) is 0 Å². The van der Waals surface area contributed by atoms with Crippen molar-refractivity contribution in [3.05, 3.63) is 11.6 Å². The van der Waals surface area contributed by atoms with Gasteiger partial charge in [0.15, 0.2) is 18.9 Å². The summed E-state index contributed by atoms with van der Waals surface area (Å²) in [6.45, 7) is 17.6. The lowest BCUT2D eigenvalue weighted by Gasteiger charge is -2.65. The smallest absolute Gasteiger partial charge is 0.331 e. The number of cyclic esters (lactones) is 1. The van der Waals surface area contributed by atoms with E-state index in [0.717, 1.165) is 37.7 Å². The van der Waals surface area contributed by atoms with Crippen molar-refractivity contribution in [2.75, 3.05) is 6.61 Å². The van der Waals surface area contributed by atoms with Gasteiger partial charge in [-0.05, 0) is 107 Å². The van der Waals surface area contributed by atoms with Gasteiger partial charge in [-0.2, -0.15) is 0 Å². The molecule has 4 aliphatic heterocycles. The van der Waals surface area contributed by atoms with Gasteiger partial charge < -0.3 is 57.2 Å². The van der Waals surface area contributed by atoms with Gasteiger partial charge in [-0.25, -0.2) is 4.79 Å². The summed E-state index contributed by atoms with van der Waals surface area (Å²) < 4.78 is 67.5. The monoisotopic (exact) mass is 946 g/mol. The van der Waals surface area contributed by atoms with E-state index in [2.05, 4.69) is 13.8 Å². The van der Waals surface area contributed by atoms with Crippen LogP contribution in [-0.4, -0.2) is 127 Å². The molecular weight excluding hydrogens is 873 g/mol. The van der Waals surface area contributed by atoms with Crippen molar-refractivity contribution >= 4 is 29.8 Å². The lowest BCUT2D eigenvalue weighted by atomic mass is 9.42. The van der Waals surface area contributed by atoms with Crippen LogP contribution in [0.15, 0.2) is 11.6 Å². The topological polar surface area (TPSA) is 207 Å². The minimum absolute atomic E-state index is 0.00885. The number of esters is 5. The number of carbonyl (C=O) groups is 5. The molecule has 0 amide bonds. The Bertz CT molecular complexity index is 1910. The molecule has 0 aromatic rings. The molecule has 7 fully saturated rings. The van der Waals surface area contributed by atoms with Crippen LogP contribution in [0.1, 0.15) is 140 Å². The molecule has 0 spiro atoms. The predicted molar refractivity (Wildman–Crippen MR) is 234 cm³/mol. The van der Waals surface area contributed by atoms with E-state index in [4.69, 9.17) is 52.1 Å². The van der Waals surface area contributed by atoms with Crippen molar-refractivity contribution in [3.8, 4) is 0 Å². The molecule has 8 rings (SSSR count). The fraction of sp³-hybridized carbons (Fsp3) is 0.860. The summed E-state index contributed by atoms with van der Waals surface area (Å²) >= 11 is 0. The number of aliphatic hydroxyl groups is 1. The van der Waals surface area contributed by atoms with Crippen LogP contribution in [0.3, 0.4) is 0 Å². The van der Waals surface area contributed by atoms with Gasteiger partial charge in [0.2, 0.25) is 0 Å². The second kappa shape index (κ2) is 19.5. The molecular formula is C50H74O17. The first-order valence-corrected chi connectivity index (χ1v) is 24.8. The highest BCUT2D eigenvalue weighted by molar-refractivity contribution is 5.85. The number of hydrogen-bond acceptors (Lipinski definition) is 17. The van der Waals surface area contributed by atoms with Gasteiger partial charge in [0.25, 0.3) is 0 Å². The maximum absolute atomic E-state index is 13.0. The van der Waals surface area contributed by atoms with E-state index in [-0.39, 0.29) is 84.6 Å². The van der Waals surface area contributed by atoms with E-state index >= 15 is 0 Å². The molecule has 0 bridgehead atoms. The van der Waals surface area contributed by atoms with Crippen molar-refractivity contribution in [1.82, 2.24) is 0 Å². The molecule has 0 aromatic carbocycles. The van der Waals surface area contributed by atoms with Gasteiger partial charge in [0, 0.05) is 64.4 Å². The standard InChI is InChI=1S/C50H74O17/c1-24-25(2)58-44(20-38(24)61-28(5)51)66-47-27(4)60-45(22-40(47)63-30(7)53)67-46-26(3)59-43(21-39(46)62-29(6)52)65-34-13-15-48(9)33(18-34)11-12-36-37(48)19-41(64-31(8)54)49(10)35(14-16-50(36,49)56)32-17-42(55)57-23-32/h17,24-27,33-41,43-47,56H,11-16,18-23H2,1-10H3/t24?,25?,26?,27?,33-,34+,35-,36-,37+,38-,39-,40-,41-,43+,44+,45-,46?,47?,48+,49+,50+/m1/s1. The Kier molecular flexibility index (Phi) is 14.6. The first-order chi connectivity index (χ1) is 31.6. The summed E-state index contributed by atoms with van der Waals surface area (Å²) in [7, 11) is 0. The quantitative estimate of drug-likeness (QED) is 0.148. The minimum Gasteiger partial charge on any atom is -0.462 e. The van der Waals surface area contributed by atoms with E-state index in [1.165, 1.54) is 27.7 Å².